The van der Waals surface area contributed by atoms with Gasteiger partial charge >= 0.3 is 0 Å². The molecule has 6 rings (SSSR count). The summed E-state index contributed by atoms with van der Waals surface area (Å²) < 4.78 is 25.7. The zero-order valence-corrected chi connectivity index (χ0v) is 26.6. The van der Waals surface area contributed by atoms with Gasteiger partial charge in [0.25, 0.3) is 0 Å². The summed E-state index contributed by atoms with van der Waals surface area (Å²) in [6, 6.07) is 27.5. The van der Waals surface area contributed by atoms with Crippen molar-refractivity contribution in [1.29, 1.82) is 0 Å². The van der Waals surface area contributed by atoms with Crippen molar-refractivity contribution < 1.29 is 23.7 Å². The Hall–Kier alpha value is -5.15. The van der Waals surface area contributed by atoms with Crippen molar-refractivity contribution >= 4 is 27.5 Å². The van der Waals surface area contributed by atoms with Crippen LogP contribution in [-0.4, -0.2) is 48.1 Å². The average molecular weight is 620 g/mol. The zero-order chi connectivity index (χ0) is 31.5. The first-order valence-electron chi connectivity index (χ1n) is 14.5. The maximum Gasteiger partial charge on any atom is 0.244 e. The number of carbonyl (C=O) groups is 1. The number of carbonyl (C=O) groups excluding carboxylic acids is 1. The highest BCUT2D eigenvalue weighted by molar-refractivity contribution is 7.21. The molecule has 0 atom stereocenters. The van der Waals surface area contributed by atoms with Crippen molar-refractivity contribution in [3.63, 3.8) is 0 Å². The number of hydrogen-bond donors (Lipinski definition) is 0. The van der Waals surface area contributed by atoms with Crippen LogP contribution in [0.15, 0.2) is 84.9 Å². The van der Waals surface area contributed by atoms with Crippen molar-refractivity contribution in [1.82, 2.24) is 14.8 Å². The van der Waals surface area contributed by atoms with E-state index in [1.54, 1.807) is 25.6 Å². The lowest BCUT2D eigenvalue weighted by molar-refractivity contribution is 0.0923. The Kier molecular flexibility index (Phi) is 8.53. The van der Waals surface area contributed by atoms with Crippen molar-refractivity contribution in [3.05, 3.63) is 96.1 Å². The number of aryl methyl sites for hydroxylation is 1. The molecule has 8 nitrogen and oxygen atoms in total. The second-order valence-electron chi connectivity index (χ2n) is 10.5. The number of thiazole rings is 1. The first-order valence-corrected chi connectivity index (χ1v) is 15.3. The first kappa shape index (κ1) is 29.9. The van der Waals surface area contributed by atoms with E-state index in [1.165, 1.54) is 11.6 Å². The van der Waals surface area contributed by atoms with Crippen LogP contribution in [0.4, 0.5) is 0 Å². The molecule has 0 radical (unpaired) electrons. The van der Waals surface area contributed by atoms with Crippen LogP contribution in [0, 0.1) is 13.8 Å². The topological polar surface area (TPSA) is 84.7 Å². The van der Waals surface area contributed by atoms with E-state index < -0.39 is 0 Å². The minimum absolute atomic E-state index is 0.201. The number of benzene rings is 4. The number of aromatic nitrogens is 3. The highest BCUT2D eigenvalue weighted by atomic mass is 32.1. The third-order valence-corrected chi connectivity index (χ3v) is 8.69. The fourth-order valence-electron chi connectivity index (χ4n) is 5.10. The van der Waals surface area contributed by atoms with E-state index in [0.29, 0.717) is 36.1 Å². The Morgan fingerprint density at radius 3 is 2.22 bits per heavy atom. The number of nitrogens with zero attached hydrogens (tertiary/aromatic N) is 3. The molecule has 0 amide bonds. The van der Waals surface area contributed by atoms with Crippen LogP contribution in [0.25, 0.3) is 43.3 Å². The van der Waals surface area contributed by atoms with Gasteiger partial charge < -0.3 is 18.9 Å². The lowest BCUT2D eigenvalue weighted by atomic mass is 10.0. The normalized spacial score (nSPS) is 11.0. The Bertz CT molecular complexity index is 1960. The summed E-state index contributed by atoms with van der Waals surface area (Å²) in [4.78, 5) is 17.4. The fraction of sp³-hybridized carbons (Fsp3) is 0.194. The van der Waals surface area contributed by atoms with Gasteiger partial charge in [-0.1, -0.05) is 12.1 Å². The van der Waals surface area contributed by atoms with Gasteiger partial charge in [-0.05, 0) is 97.8 Å². The molecule has 0 bridgehead atoms. The molecule has 0 fully saturated rings. The summed E-state index contributed by atoms with van der Waals surface area (Å²) in [7, 11) is 3.24. The summed E-state index contributed by atoms with van der Waals surface area (Å²) in [5.41, 5.74) is 7.14. The van der Waals surface area contributed by atoms with Gasteiger partial charge in [-0.25, -0.2) is 4.98 Å². The zero-order valence-electron chi connectivity index (χ0n) is 25.8. The van der Waals surface area contributed by atoms with Gasteiger partial charge in [-0.15, -0.1) is 11.3 Å². The Morgan fingerprint density at radius 2 is 1.49 bits per heavy atom. The van der Waals surface area contributed by atoms with E-state index in [2.05, 4.69) is 11.2 Å². The molecular formula is C36H33N3O5S. The molecule has 2 heterocycles. The molecule has 6 aromatic rings. The van der Waals surface area contributed by atoms with E-state index in [1.807, 2.05) is 92.7 Å². The molecule has 4 aromatic carbocycles. The molecule has 45 heavy (non-hydrogen) atoms. The maximum atomic E-state index is 12.6. The Balaban J connectivity index is 1.16. The van der Waals surface area contributed by atoms with Crippen molar-refractivity contribution in [2.24, 2.45) is 0 Å². The van der Waals surface area contributed by atoms with E-state index in [0.717, 1.165) is 54.5 Å². The largest absolute Gasteiger partial charge is 0.496 e. The number of para-hydroxylation sites is 1. The summed E-state index contributed by atoms with van der Waals surface area (Å²) in [6.07, 6.45) is 0. The van der Waals surface area contributed by atoms with Gasteiger partial charge in [0.2, 0.25) is 5.91 Å². The Morgan fingerprint density at radius 1 is 0.778 bits per heavy atom. The molecule has 0 saturated carbocycles. The predicted octanol–water partition coefficient (Wildman–Crippen LogP) is 8.25. The summed E-state index contributed by atoms with van der Waals surface area (Å²) in [6.45, 7) is 6.16. The lowest BCUT2D eigenvalue weighted by Gasteiger charge is -2.13. The Labute approximate surface area is 265 Å². The molecule has 228 valence electrons. The molecule has 0 aliphatic heterocycles. The van der Waals surface area contributed by atoms with Gasteiger partial charge in [-0.3, -0.25) is 4.79 Å². The van der Waals surface area contributed by atoms with Crippen LogP contribution >= 0.6 is 11.3 Å². The quantitative estimate of drug-likeness (QED) is 0.143. The number of rotatable bonds is 10. The van der Waals surface area contributed by atoms with Crippen molar-refractivity contribution in [3.8, 4) is 56.1 Å². The number of hydrogen-bond acceptors (Lipinski definition) is 8. The molecule has 0 unspecified atom stereocenters. The molecule has 0 N–H and O–H groups in total. The minimum Gasteiger partial charge on any atom is -0.496 e. The molecule has 0 aliphatic carbocycles. The number of ether oxygens (including phenoxy) is 4. The van der Waals surface area contributed by atoms with Gasteiger partial charge in [0.05, 0.1) is 35.8 Å². The van der Waals surface area contributed by atoms with E-state index >= 15 is 0 Å². The fourth-order valence-corrected chi connectivity index (χ4v) is 6.08. The number of fused-ring (bicyclic) bond motifs is 1. The van der Waals surface area contributed by atoms with E-state index in [4.69, 9.17) is 23.9 Å². The number of methoxy groups -OCH3 is 2. The van der Waals surface area contributed by atoms with Crippen LogP contribution in [0.5, 0.6) is 23.0 Å². The monoisotopic (exact) mass is 619 g/mol. The van der Waals surface area contributed by atoms with Crippen molar-refractivity contribution in [2.75, 3.05) is 27.4 Å². The van der Waals surface area contributed by atoms with E-state index in [-0.39, 0.29) is 5.91 Å². The summed E-state index contributed by atoms with van der Waals surface area (Å²) in [5.74, 6) is 2.43. The van der Waals surface area contributed by atoms with Crippen molar-refractivity contribution in [2.45, 2.75) is 20.8 Å². The molecule has 0 saturated heterocycles. The average Bonchev–Trinajstić information content (AvgIpc) is 3.70. The SMILES string of the molecule is COc1ccc(-c2cc(-c3cc(C)c(C)c(OC)c3)nn2C(C)=O)cc1OCCOc1ccc(-c2nc3ccccc3s2)cc1. The molecule has 2 aromatic heterocycles. The van der Waals surface area contributed by atoms with Crippen LogP contribution in [0.1, 0.15) is 22.8 Å². The van der Waals surface area contributed by atoms with Crippen LogP contribution < -0.4 is 18.9 Å². The van der Waals surface area contributed by atoms with Crippen LogP contribution in [0.2, 0.25) is 0 Å². The van der Waals surface area contributed by atoms with Gasteiger partial charge in [0.15, 0.2) is 11.5 Å². The molecule has 0 aliphatic rings. The van der Waals surface area contributed by atoms with E-state index in [9.17, 15) is 4.79 Å². The summed E-state index contributed by atoms with van der Waals surface area (Å²) >= 11 is 1.67. The summed E-state index contributed by atoms with van der Waals surface area (Å²) in [5, 5.41) is 5.61. The second-order valence-corrected chi connectivity index (χ2v) is 11.6. The maximum absolute atomic E-state index is 12.6. The highest BCUT2D eigenvalue weighted by Crippen LogP contribution is 2.36. The van der Waals surface area contributed by atoms with Gasteiger partial charge in [0, 0.05) is 23.6 Å². The smallest absolute Gasteiger partial charge is 0.244 e. The van der Waals surface area contributed by atoms with Gasteiger partial charge in [-0.2, -0.15) is 9.78 Å². The predicted molar refractivity (Wildman–Crippen MR) is 178 cm³/mol. The second kappa shape index (κ2) is 12.8. The minimum atomic E-state index is -0.201. The molecular weight excluding hydrogens is 586 g/mol. The highest BCUT2D eigenvalue weighted by Gasteiger charge is 2.18. The third kappa shape index (κ3) is 6.25. The van der Waals surface area contributed by atoms with Crippen LogP contribution in [-0.2, 0) is 0 Å². The standard InChI is InChI=1S/C36H33N3O5S/c1-22-18-27(20-33(42-5)23(22)2)30-21-31(39(38-30)24(3)40)26-12-15-32(41-4)34(19-26)44-17-16-43-28-13-10-25(11-14-28)36-37-29-8-6-7-9-35(29)45-36/h6-15,18-21H,16-17H2,1-5H3. The molecule has 0 spiro atoms. The first-order chi connectivity index (χ1) is 21.8. The molecule has 9 heteroatoms. The lowest BCUT2D eigenvalue weighted by Crippen LogP contribution is -2.10. The third-order valence-electron chi connectivity index (χ3n) is 7.61. The van der Waals surface area contributed by atoms with Gasteiger partial charge in [0.1, 0.15) is 29.7 Å². The van der Waals surface area contributed by atoms with Crippen LogP contribution in [0.3, 0.4) is 0 Å².